The number of nitrogen functional groups attached to an aromatic ring is 1. The molecule has 0 bridgehead atoms. The van der Waals surface area contributed by atoms with Gasteiger partial charge < -0.3 is 21.1 Å². The number of likely N-dealkylation sites (N-methyl/N-ethyl adjacent to an activating group) is 1. The highest BCUT2D eigenvalue weighted by Gasteiger charge is 2.08. The van der Waals surface area contributed by atoms with Crippen LogP contribution in [0.15, 0.2) is 0 Å². The number of nitrogens with zero attached hydrogens (tertiary/aromatic N) is 3. The van der Waals surface area contributed by atoms with Crippen LogP contribution >= 0.6 is 0 Å². The first-order valence-electron chi connectivity index (χ1n) is 5.70. The number of carbonyl (C=O) groups is 1. The van der Waals surface area contributed by atoms with E-state index in [2.05, 4.69) is 25.6 Å². The maximum absolute atomic E-state index is 11.3. The van der Waals surface area contributed by atoms with Crippen molar-refractivity contribution in [3.8, 4) is 6.01 Å². The molecule has 18 heavy (non-hydrogen) atoms. The van der Waals surface area contributed by atoms with Crippen LogP contribution in [0.25, 0.3) is 0 Å². The van der Waals surface area contributed by atoms with Crippen LogP contribution in [0.3, 0.4) is 0 Å². The predicted octanol–water partition coefficient (Wildman–Crippen LogP) is -0.211. The number of ether oxygens (including phenoxy) is 1. The molecule has 100 valence electrons. The number of amides is 1. The number of nitrogens with one attached hydrogen (secondary N) is 2. The lowest BCUT2D eigenvalue weighted by molar-refractivity contribution is -0.119. The Labute approximate surface area is 105 Å². The van der Waals surface area contributed by atoms with Crippen LogP contribution in [0.5, 0.6) is 6.01 Å². The van der Waals surface area contributed by atoms with Gasteiger partial charge in [0, 0.05) is 6.54 Å². The van der Waals surface area contributed by atoms with E-state index < -0.39 is 0 Å². The maximum atomic E-state index is 11.3. The molecule has 8 heteroatoms. The van der Waals surface area contributed by atoms with Crippen LogP contribution in [0, 0.1) is 0 Å². The fourth-order valence-electron chi connectivity index (χ4n) is 1.13. The van der Waals surface area contributed by atoms with E-state index in [0.29, 0.717) is 6.54 Å². The molecule has 1 aromatic rings. The number of anilines is 2. The highest BCUT2D eigenvalue weighted by Crippen LogP contribution is 2.09. The molecule has 4 N–H and O–H groups in total. The summed E-state index contributed by atoms with van der Waals surface area (Å²) in [6.45, 7) is 6.18. The molecule has 0 radical (unpaired) electrons. The molecule has 0 aliphatic rings. The fourth-order valence-corrected chi connectivity index (χ4v) is 1.13. The summed E-state index contributed by atoms with van der Waals surface area (Å²) in [6, 6.07) is 0.135. The topological polar surface area (TPSA) is 115 Å². The zero-order valence-electron chi connectivity index (χ0n) is 10.7. The zero-order valence-corrected chi connectivity index (χ0v) is 10.7. The molecule has 8 nitrogen and oxygen atoms in total. The van der Waals surface area contributed by atoms with E-state index in [9.17, 15) is 4.79 Å². The summed E-state index contributed by atoms with van der Waals surface area (Å²) in [5.41, 5.74) is 5.52. The minimum absolute atomic E-state index is 0.0408. The van der Waals surface area contributed by atoms with E-state index in [0.717, 1.165) is 0 Å². The van der Waals surface area contributed by atoms with Crippen molar-refractivity contribution in [2.45, 2.75) is 26.9 Å². The molecule has 0 aromatic carbocycles. The molecule has 0 saturated carbocycles. The van der Waals surface area contributed by atoms with Crippen molar-refractivity contribution >= 4 is 17.8 Å². The third-order valence-electron chi connectivity index (χ3n) is 1.75. The minimum atomic E-state index is -0.150. The van der Waals surface area contributed by atoms with Crippen molar-refractivity contribution in [3.05, 3.63) is 0 Å². The molecule has 0 atom stereocenters. The summed E-state index contributed by atoms with van der Waals surface area (Å²) >= 11 is 0. The van der Waals surface area contributed by atoms with Crippen molar-refractivity contribution < 1.29 is 9.53 Å². The Balaban J connectivity index is 2.65. The predicted molar refractivity (Wildman–Crippen MR) is 67.2 cm³/mol. The van der Waals surface area contributed by atoms with Gasteiger partial charge in [0.2, 0.25) is 17.8 Å². The normalized spacial score (nSPS) is 10.2. The van der Waals surface area contributed by atoms with Crippen LogP contribution in [0.2, 0.25) is 0 Å². The van der Waals surface area contributed by atoms with Gasteiger partial charge in [-0.25, -0.2) is 0 Å². The third kappa shape index (κ3) is 4.81. The molecule has 0 aliphatic carbocycles. The second-order valence-corrected chi connectivity index (χ2v) is 3.77. The van der Waals surface area contributed by atoms with Gasteiger partial charge in [-0.2, -0.15) is 15.0 Å². The molecule has 0 spiro atoms. The molecule has 0 unspecified atom stereocenters. The maximum Gasteiger partial charge on any atom is 0.323 e. The summed E-state index contributed by atoms with van der Waals surface area (Å²) < 4.78 is 5.31. The summed E-state index contributed by atoms with van der Waals surface area (Å²) in [6.07, 6.45) is -0.0666. The Bertz CT molecular complexity index is 409. The lowest BCUT2D eigenvalue weighted by atomic mass is 10.5. The monoisotopic (exact) mass is 254 g/mol. The van der Waals surface area contributed by atoms with E-state index in [1.54, 1.807) is 0 Å². The summed E-state index contributed by atoms with van der Waals surface area (Å²) in [7, 11) is 0. The molecular formula is C10H18N6O2. The summed E-state index contributed by atoms with van der Waals surface area (Å²) in [4.78, 5) is 22.9. The lowest BCUT2D eigenvalue weighted by Gasteiger charge is -2.09. The molecular weight excluding hydrogens is 236 g/mol. The molecule has 1 aromatic heterocycles. The SMILES string of the molecule is CCNC(=O)CNc1nc(N)nc(OC(C)C)n1. The summed E-state index contributed by atoms with van der Waals surface area (Å²) in [5.74, 6) is 0.103. The van der Waals surface area contributed by atoms with Crippen molar-refractivity contribution in [2.24, 2.45) is 0 Å². The number of rotatable bonds is 6. The van der Waals surface area contributed by atoms with Crippen molar-refractivity contribution in [1.82, 2.24) is 20.3 Å². The Kier molecular flexibility index (Phi) is 5.09. The van der Waals surface area contributed by atoms with Gasteiger partial charge in [-0.15, -0.1) is 0 Å². The number of carbonyl (C=O) groups excluding carboxylic acids is 1. The van der Waals surface area contributed by atoms with Gasteiger partial charge in [0.05, 0.1) is 12.6 Å². The molecule has 1 heterocycles. The van der Waals surface area contributed by atoms with Gasteiger partial charge in [-0.05, 0) is 20.8 Å². The largest absolute Gasteiger partial charge is 0.461 e. The number of hydrogen-bond acceptors (Lipinski definition) is 7. The molecule has 0 fully saturated rings. The smallest absolute Gasteiger partial charge is 0.323 e. The number of hydrogen-bond donors (Lipinski definition) is 3. The van der Waals surface area contributed by atoms with Crippen LogP contribution in [-0.4, -0.2) is 40.1 Å². The highest BCUT2D eigenvalue weighted by molar-refractivity contribution is 5.80. The van der Waals surface area contributed by atoms with E-state index in [1.807, 2.05) is 20.8 Å². The average molecular weight is 254 g/mol. The Hall–Kier alpha value is -2.12. The molecule has 1 rings (SSSR count). The third-order valence-corrected chi connectivity index (χ3v) is 1.75. The number of aromatic nitrogens is 3. The van der Waals surface area contributed by atoms with E-state index >= 15 is 0 Å². The van der Waals surface area contributed by atoms with Gasteiger partial charge in [0.1, 0.15) is 0 Å². The standard InChI is InChI=1S/C10H18N6O2/c1-4-12-7(17)5-13-9-14-8(11)15-10(16-9)18-6(2)3/h6H,4-5H2,1-3H3,(H,12,17)(H3,11,13,14,15,16). The van der Waals surface area contributed by atoms with Crippen LogP contribution < -0.4 is 21.1 Å². The highest BCUT2D eigenvalue weighted by atomic mass is 16.5. The van der Waals surface area contributed by atoms with Gasteiger partial charge in [0.15, 0.2) is 0 Å². The van der Waals surface area contributed by atoms with Crippen LogP contribution in [-0.2, 0) is 4.79 Å². The zero-order chi connectivity index (χ0) is 13.5. The van der Waals surface area contributed by atoms with Gasteiger partial charge in [0.25, 0.3) is 0 Å². The second kappa shape index (κ2) is 6.58. The van der Waals surface area contributed by atoms with Crippen molar-refractivity contribution in [2.75, 3.05) is 24.1 Å². The Morgan fingerprint density at radius 3 is 2.72 bits per heavy atom. The van der Waals surface area contributed by atoms with Gasteiger partial charge in [-0.1, -0.05) is 0 Å². The minimum Gasteiger partial charge on any atom is -0.461 e. The number of nitrogens with two attached hydrogens (primary N) is 1. The first kappa shape index (κ1) is 13.9. The quantitative estimate of drug-likeness (QED) is 0.643. The lowest BCUT2D eigenvalue weighted by Crippen LogP contribution is -2.30. The van der Waals surface area contributed by atoms with Gasteiger partial charge >= 0.3 is 6.01 Å². The first-order valence-corrected chi connectivity index (χ1v) is 5.70. The van der Waals surface area contributed by atoms with Crippen molar-refractivity contribution in [3.63, 3.8) is 0 Å². The van der Waals surface area contributed by atoms with Crippen LogP contribution in [0.4, 0.5) is 11.9 Å². The Morgan fingerprint density at radius 1 is 1.39 bits per heavy atom. The molecule has 0 saturated heterocycles. The fraction of sp³-hybridized carbons (Fsp3) is 0.600. The molecule has 0 aliphatic heterocycles. The van der Waals surface area contributed by atoms with E-state index in [1.165, 1.54) is 0 Å². The van der Waals surface area contributed by atoms with Gasteiger partial charge in [-0.3, -0.25) is 4.79 Å². The first-order chi connectivity index (χ1) is 8.51. The van der Waals surface area contributed by atoms with E-state index in [4.69, 9.17) is 10.5 Å². The Morgan fingerprint density at radius 2 is 2.11 bits per heavy atom. The summed E-state index contributed by atoms with van der Waals surface area (Å²) in [5, 5.41) is 5.39. The van der Waals surface area contributed by atoms with Crippen LogP contribution in [0.1, 0.15) is 20.8 Å². The average Bonchev–Trinajstić information content (AvgIpc) is 2.25. The molecule has 1 amide bonds. The second-order valence-electron chi connectivity index (χ2n) is 3.77. The van der Waals surface area contributed by atoms with E-state index in [-0.39, 0.29) is 36.5 Å². The van der Waals surface area contributed by atoms with Crippen molar-refractivity contribution in [1.29, 1.82) is 0 Å².